The summed E-state index contributed by atoms with van der Waals surface area (Å²) in [5, 5.41) is 6.46. The van der Waals surface area contributed by atoms with E-state index in [2.05, 4.69) is 10.2 Å². The van der Waals surface area contributed by atoms with E-state index in [4.69, 9.17) is 11.6 Å². The molecule has 2 rings (SSSR count). The number of nitrogens with zero attached hydrogens (tertiary/aromatic N) is 2. The zero-order valence-electron chi connectivity index (χ0n) is 8.93. The standard InChI is InChI=1S/C9H5ClF3N2O2S2/c10-6-1-3-7(4-2-6)19(16,17)8-15-14-5-18(8)9(11,12)13/h1-5H/q+1. The van der Waals surface area contributed by atoms with Gasteiger partial charge in [0, 0.05) is 5.02 Å². The van der Waals surface area contributed by atoms with Gasteiger partial charge in [-0.3, -0.25) is 0 Å². The third-order valence-corrected chi connectivity index (χ3v) is 6.23. The minimum Gasteiger partial charge on any atom is -0.212 e. The summed E-state index contributed by atoms with van der Waals surface area (Å²) in [5.41, 5.74) is -4.23. The summed E-state index contributed by atoms with van der Waals surface area (Å²) >= 11 is 5.59. The molecule has 1 aromatic carbocycles. The molecule has 0 N–H and O–H groups in total. The summed E-state index contributed by atoms with van der Waals surface area (Å²) in [5.74, 6) is 0. The van der Waals surface area contributed by atoms with Gasteiger partial charge < -0.3 is 0 Å². The van der Waals surface area contributed by atoms with Crippen molar-refractivity contribution in [1.82, 2.24) is 10.2 Å². The summed E-state index contributed by atoms with van der Waals surface area (Å²) in [6, 6.07) is 4.79. The van der Waals surface area contributed by atoms with E-state index in [1.165, 1.54) is 12.1 Å². The molecule has 1 aromatic heterocycles. The van der Waals surface area contributed by atoms with Crippen LogP contribution in [0.4, 0.5) is 13.2 Å². The van der Waals surface area contributed by atoms with Crippen LogP contribution in [0, 0.1) is 0 Å². The molecule has 0 saturated heterocycles. The Balaban J connectivity index is 2.58. The highest BCUT2D eigenvalue weighted by atomic mass is 35.5. The molecular weight excluding hydrogens is 325 g/mol. The number of rotatable bonds is 2. The Bertz CT molecular complexity index is 695. The van der Waals surface area contributed by atoms with Gasteiger partial charge in [-0.05, 0) is 24.3 Å². The second kappa shape index (κ2) is 4.73. The van der Waals surface area contributed by atoms with Crippen molar-refractivity contribution in [3.63, 3.8) is 0 Å². The average molecular weight is 330 g/mol. The van der Waals surface area contributed by atoms with E-state index in [1.807, 2.05) is 0 Å². The first-order valence-corrected chi connectivity index (χ1v) is 7.79. The van der Waals surface area contributed by atoms with Gasteiger partial charge in [-0.2, -0.15) is 0 Å². The van der Waals surface area contributed by atoms with Gasteiger partial charge in [0.2, 0.25) is 0 Å². The normalized spacial score (nSPS) is 13.6. The lowest BCUT2D eigenvalue weighted by Crippen LogP contribution is -2.06. The van der Waals surface area contributed by atoms with E-state index in [0.29, 0.717) is 5.51 Å². The molecule has 19 heavy (non-hydrogen) atoms. The van der Waals surface area contributed by atoms with Crippen molar-refractivity contribution in [3.8, 4) is 0 Å². The zero-order chi connectivity index (χ0) is 14.3. The maximum atomic E-state index is 12.7. The third-order valence-electron chi connectivity index (χ3n) is 2.08. The topological polar surface area (TPSA) is 59.9 Å². The van der Waals surface area contributed by atoms with E-state index in [9.17, 15) is 21.6 Å². The maximum absolute atomic E-state index is 12.7. The molecule has 1 heterocycles. The average Bonchev–Trinajstić information content (AvgIpc) is 2.78. The number of alkyl halides is 3. The van der Waals surface area contributed by atoms with Crippen LogP contribution >= 0.6 is 22.1 Å². The summed E-state index contributed by atoms with van der Waals surface area (Å²) in [7, 11) is -6.95. The van der Waals surface area contributed by atoms with Gasteiger partial charge in [0.15, 0.2) is 0 Å². The lowest BCUT2D eigenvalue weighted by Gasteiger charge is -2.00. The molecule has 10 heteroatoms. The lowest BCUT2D eigenvalue weighted by molar-refractivity contribution is -0.0875. The summed E-state index contributed by atoms with van der Waals surface area (Å²) in [6.07, 6.45) is 0. The lowest BCUT2D eigenvalue weighted by atomic mass is 10.4. The molecule has 0 amide bonds. The third kappa shape index (κ3) is 2.72. The van der Waals surface area contributed by atoms with Crippen molar-refractivity contribution in [2.45, 2.75) is 14.7 Å². The molecule has 4 nitrogen and oxygen atoms in total. The Hall–Kier alpha value is -1.19. The quantitative estimate of drug-likeness (QED) is 0.794. The van der Waals surface area contributed by atoms with Crippen molar-refractivity contribution >= 4 is 31.9 Å². The van der Waals surface area contributed by atoms with Crippen LogP contribution in [0.2, 0.25) is 5.02 Å². The molecule has 0 aliphatic rings. The molecule has 0 aliphatic heterocycles. The van der Waals surface area contributed by atoms with Gasteiger partial charge in [-0.1, -0.05) is 21.8 Å². The molecule has 2 aromatic rings. The van der Waals surface area contributed by atoms with Gasteiger partial charge >= 0.3 is 9.85 Å². The number of benzene rings is 1. The maximum Gasteiger partial charge on any atom is 0.604 e. The molecule has 102 valence electrons. The second-order valence-corrected chi connectivity index (χ2v) is 7.62. The molecular formula is C9H5ClF3N2O2S2+. The molecule has 0 bridgehead atoms. The highest BCUT2D eigenvalue weighted by molar-refractivity contribution is 7.94. The van der Waals surface area contributed by atoms with E-state index >= 15 is 0 Å². The Kier molecular flexibility index (Phi) is 3.54. The van der Waals surface area contributed by atoms with E-state index in [-0.39, 0.29) is 9.92 Å². The number of hydrogen-bond donors (Lipinski definition) is 0. The van der Waals surface area contributed by atoms with Gasteiger partial charge in [0.1, 0.15) is 10.5 Å². The van der Waals surface area contributed by atoms with Crippen LogP contribution in [0.5, 0.6) is 0 Å². The van der Waals surface area contributed by atoms with Crippen LogP contribution in [-0.2, 0) is 15.3 Å². The number of hydrogen-bond acceptors (Lipinski definition) is 4. The molecule has 0 aliphatic carbocycles. The predicted molar refractivity (Wildman–Crippen MR) is 62.7 cm³/mol. The summed E-state index contributed by atoms with van der Waals surface area (Å²) in [6.45, 7) is 0. The first kappa shape index (κ1) is 14.2. The van der Waals surface area contributed by atoms with Gasteiger partial charge in [0.25, 0.3) is 15.3 Å². The fraction of sp³-hybridized carbons (Fsp3) is 0.111. The SMILES string of the molecule is O=S(=O)(c1ccc(Cl)cc1)c1nnc[s+]1C(F)(F)F. The van der Waals surface area contributed by atoms with Crippen LogP contribution in [0.3, 0.4) is 0 Å². The summed E-state index contributed by atoms with van der Waals surface area (Å²) in [4.78, 5) is -0.303. The van der Waals surface area contributed by atoms with Crippen LogP contribution < -0.4 is 0 Å². The highest BCUT2D eigenvalue weighted by Gasteiger charge is 2.51. The Labute approximate surface area is 113 Å². The van der Waals surface area contributed by atoms with Crippen LogP contribution in [0.15, 0.2) is 39.0 Å². The minimum atomic E-state index is -4.72. The fourth-order valence-corrected chi connectivity index (χ4v) is 4.56. The monoisotopic (exact) mass is 329 g/mol. The first-order chi connectivity index (χ1) is 8.73. The Morgan fingerprint density at radius 2 is 1.74 bits per heavy atom. The van der Waals surface area contributed by atoms with Crippen LogP contribution in [-0.4, -0.2) is 18.6 Å². The molecule has 0 fully saturated rings. The predicted octanol–water partition coefficient (Wildman–Crippen LogP) is 3.19. The van der Waals surface area contributed by atoms with Gasteiger partial charge in [-0.25, -0.2) is 8.42 Å². The largest absolute Gasteiger partial charge is 0.604 e. The zero-order valence-corrected chi connectivity index (χ0v) is 11.3. The van der Waals surface area contributed by atoms with Crippen molar-refractivity contribution < 1.29 is 21.6 Å². The highest BCUT2D eigenvalue weighted by Crippen LogP contribution is 2.46. The van der Waals surface area contributed by atoms with Gasteiger partial charge in [0.05, 0.1) is 4.90 Å². The van der Waals surface area contributed by atoms with Crippen LogP contribution in [0.25, 0.3) is 0 Å². The fourth-order valence-electron chi connectivity index (χ4n) is 1.25. The Morgan fingerprint density at radius 1 is 1.16 bits per heavy atom. The first-order valence-electron chi connectivity index (χ1n) is 4.64. The number of sulfone groups is 1. The molecule has 1 atom stereocenters. The van der Waals surface area contributed by atoms with Crippen molar-refractivity contribution in [1.29, 1.82) is 0 Å². The van der Waals surface area contributed by atoms with Crippen molar-refractivity contribution in [3.05, 3.63) is 34.8 Å². The van der Waals surface area contributed by atoms with Crippen molar-refractivity contribution in [2.75, 3.05) is 0 Å². The van der Waals surface area contributed by atoms with Crippen LogP contribution in [0.1, 0.15) is 0 Å². The van der Waals surface area contributed by atoms with E-state index < -0.39 is 30.2 Å². The van der Waals surface area contributed by atoms with Gasteiger partial charge in [-0.15, -0.1) is 13.2 Å². The summed E-state index contributed by atoms with van der Waals surface area (Å²) < 4.78 is 61.1. The molecule has 0 spiro atoms. The molecule has 1 unspecified atom stereocenters. The van der Waals surface area contributed by atoms with E-state index in [1.54, 1.807) is 0 Å². The minimum absolute atomic E-state index is 0.276. The second-order valence-electron chi connectivity index (χ2n) is 3.33. The molecule has 0 saturated carbocycles. The molecule has 0 radical (unpaired) electrons. The van der Waals surface area contributed by atoms with E-state index in [0.717, 1.165) is 12.1 Å². The smallest absolute Gasteiger partial charge is 0.212 e. The number of aromatic nitrogens is 2. The van der Waals surface area contributed by atoms with Crippen molar-refractivity contribution in [2.24, 2.45) is 0 Å². The Morgan fingerprint density at radius 3 is 2.26 bits per heavy atom. The number of halogens is 4.